The maximum atomic E-state index is 12.3. The van der Waals surface area contributed by atoms with Crippen molar-refractivity contribution in [2.45, 2.75) is 13.0 Å². The zero-order valence-corrected chi connectivity index (χ0v) is 16.9. The van der Waals surface area contributed by atoms with Crippen LogP contribution in [0.1, 0.15) is 6.92 Å². The quantitative estimate of drug-likeness (QED) is 0.696. The van der Waals surface area contributed by atoms with Crippen LogP contribution in [0.4, 0.5) is 11.4 Å². The van der Waals surface area contributed by atoms with Gasteiger partial charge in [0, 0.05) is 29.5 Å². The summed E-state index contributed by atoms with van der Waals surface area (Å²) in [5.41, 5.74) is 1.71. The highest BCUT2D eigenvalue weighted by molar-refractivity contribution is 6.30. The average molecular weight is 419 g/mol. The Kier molecular flexibility index (Phi) is 7.32. The zero-order chi connectivity index (χ0) is 20.6. The van der Waals surface area contributed by atoms with E-state index in [2.05, 4.69) is 10.2 Å². The second-order valence-corrected chi connectivity index (χ2v) is 6.95. The van der Waals surface area contributed by atoms with Crippen molar-refractivity contribution in [2.75, 3.05) is 43.1 Å². The van der Waals surface area contributed by atoms with Crippen molar-refractivity contribution in [3.05, 3.63) is 53.6 Å². The molecule has 1 amide bonds. The Morgan fingerprint density at radius 3 is 2.41 bits per heavy atom. The van der Waals surface area contributed by atoms with Gasteiger partial charge in [-0.25, -0.2) is 4.79 Å². The molecular weight excluding hydrogens is 396 g/mol. The number of carbonyl (C=O) groups excluding carboxylic acids is 2. The van der Waals surface area contributed by atoms with Gasteiger partial charge in [0.1, 0.15) is 5.75 Å². The predicted molar refractivity (Wildman–Crippen MR) is 111 cm³/mol. The predicted octanol–water partition coefficient (Wildman–Crippen LogP) is 3.13. The number of hydrogen-bond acceptors (Lipinski definition) is 6. The van der Waals surface area contributed by atoms with Crippen molar-refractivity contribution < 1.29 is 23.8 Å². The summed E-state index contributed by atoms with van der Waals surface area (Å²) in [7, 11) is 0. The van der Waals surface area contributed by atoms with Crippen molar-refractivity contribution in [2.24, 2.45) is 0 Å². The van der Waals surface area contributed by atoms with E-state index in [1.165, 1.54) is 6.92 Å². The summed E-state index contributed by atoms with van der Waals surface area (Å²) in [5, 5.41) is 3.31. The number of nitrogens with zero attached hydrogens (tertiary/aromatic N) is 1. The van der Waals surface area contributed by atoms with Crippen LogP contribution in [-0.4, -0.2) is 50.9 Å². The summed E-state index contributed by atoms with van der Waals surface area (Å²) in [6, 6.07) is 14.1. The number of amides is 1. The maximum absolute atomic E-state index is 12.3. The number of halogens is 1. The molecule has 1 aliphatic rings. The Hall–Kier alpha value is -2.77. The van der Waals surface area contributed by atoms with Gasteiger partial charge in [0.25, 0.3) is 5.91 Å². The number of benzene rings is 2. The van der Waals surface area contributed by atoms with Gasteiger partial charge in [0.15, 0.2) is 12.7 Å². The summed E-state index contributed by atoms with van der Waals surface area (Å²) in [6.45, 7) is 4.32. The Bertz CT molecular complexity index is 820. The number of anilines is 2. The first-order chi connectivity index (χ1) is 14.0. The molecule has 1 N–H and O–H groups in total. The molecule has 2 aromatic rings. The molecule has 1 atom stereocenters. The monoisotopic (exact) mass is 418 g/mol. The van der Waals surface area contributed by atoms with Crippen molar-refractivity contribution in [3.63, 3.8) is 0 Å². The molecule has 8 heteroatoms. The van der Waals surface area contributed by atoms with E-state index in [0.29, 0.717) is 29.7 Å². The highest BCUT2D eigenvalue weighted by Gasteiger charge is 2.19. The Balaban J connectivity index is 1.44. The lowest BCUT2D eigenvalue weighted by Crippen LogP contribution is -2.36. The lowest BCUT2D eigenvalue weighted by atomic mass is 10.2. The number of carbonyl (C=O) groups is 2. The van der Waals surface area contributed by atoms with E-state index in [9.17, 15) is 9.59 Å². The molecule has 2 aromatic carbocycles. The molecule has 7 nitrogen and oxygen atoms in total. The molecule has 1 saturated heterocycles. The van der Waals surface area contributed by atoms with E-state index in [4.69, 9.17) is 25.8 Å². The Morgan fingerprint density at radius 2 is 1.76 bits per heavy atom. The molecule has 0 radical (unpaired) electrons. The minimum Gasteiger partial charge on any atom is -0.482 e. The fraction of sp³-hybridized carbons (Fsp3) is 0.333. The van der Waals surface area contributed by atoms with Crippen molar-refractivity contribution in [3.8, 4) is 5.75 Å². The highest BCUT2D eigenvalue weighted by Crippen LogP contribution is 2.19. The van der Waals surface area contributed by atoms with E-state index in [-0.39, 0.29) is 6.61 Å². The second-order valence-electron chi connectivity index (χ2n) is 6.51. The van der Waals surface area contributed by atoms with Crippen LogP contribution in [0.15, 0.2) is 48.5 Å². The average Bonchev–Trinajstić information content (AvgIpc) is 2.74. The molecule has 1 fully saturated rings. The Morgan fingerprint density at radius 1 is 1.10 bits per heavy atom. The van der Waals surface area contributed by atoms with E-state index < -0.39 is 18.0 Å². The van der Waals surface area contributed by atoms with Crippen LogP contribution in [0.25, 0.3) is 0 Å². The zero-order valence-electron chi connectivity index (χ0n) is 16.1. The molecule has 29 heavy (non-hydrogen) atoms. The fourth-order valence-electron chi connectivity index (χ4n) is 2.78. The summed E-state index contributed by atoms with van der Waals surface area (Å²) in [6.07, 6.45) is -0.949. The summed E-state index contributed by atoms with van der Waals surface area (Å²) < 4.78 is 15.8. The standard InChI is InChI=1S/C21H23ClN2O5/c1-15(29-20(25)14-28-19-8-2-16(22)3-9-19)21(26)23-17-4-6-18(7-5-17)24-10-12-27-13-11-24/h2-9,15H,10-14H2,1H3,(H,23,26)/t15-/m0/s1. The molecule has 0 aliphatic carbocycles. The molecule has 0 bridgehead atoms. The molecular formula is C21H23ClN2O5. The third-order valence-corrected chi connectivity index (χ3v) is 4.61. The smallest absolute Gasteiger partial charge is 0.344 e. The number of esters is 1. The van der Waals surface area contributed by atoms with Crippen LogP contribution in [0.5, 0.6) is 5.75 Å². The lowest BCUT2D eigenvalue weighted by molar-refractivity contribution is -0.155. The van der Waals surface area contributed by atoms with Gasteiger partial charge in [-0.1, -0.05) is 11.6 Å². The molecule has 0 saturated carbocycles. The third kappa shape index (κ3) is 6.37. The van der Waals surface area contributed by atoms with Crippen molar-refractivity contribution in [1.29, 1.82) is 0 Å². The van der Waals surface area contributed by atoms with E-state index in [1.54, 1.807) is 24.3 Å². The highest BCUT2D eigenvalue weighted by atomic mass is 35.5. The van der Waals surface area contributed by atoms with Crippen molar-refractivity contribution in [1.82, 2.24) is 0 Å². The van der Waals surface area contributed by atoms with Gasteiger partial charge in [-0.05, 0) is 55.5 Å². The summed E-state index contributed by atoms with van der Waals surface area (Å²) in [4.78, 5) is 26.4. The lowest BCUT2D eigenvalue weighted by Gasteiger charge is -2.28. The molecule has 3 rings (SSSR count). The van der Waals surface area contributed by atoms with E-state index in [1.807, 2.05) is 24.3 Å². The first-order valence-electron chi connectivity index (χ1n) is 9.33. The molecule has 1 aliphatic heterocycles. The van der Waals surface area contributed by atoms with E-state index >= 15 is 0 Å². The first-order valence-corrected chi connectivity index (χ1v) is 9.70. The number of hydrogen-bond donors (Lipinski definition) is 1. The van der Waals surface area contributed by atoms with E-state index in [0.717, 1.165) is 18.8 Å². The number of morpholine rings is 1. The van der Waals surface area contributed by atoms with Crippen LogP contribution in [0.2, 0.25) is 5.02 Å². The van der Waals surface area contributed by atoms with Gasteiger partial charge in [-0.3, -0.25) is 4.79 Å². The van der Waals surface area contributed by atoms with Gasteiger partial charge < -0.3 is 24.4 Å². The number of nitrogens with one attached hydrogen (secondary N) is 1. The molecule has 0 aromatic heterocycles. The van der Waals surface area contributed by atoms with Crippen LogP contribution in [0.3, 0.4) is 0 Å². The Labute approximate surface area is 174 Å². The molecule has 0 spiro atoms. The second kappa shape index (κ2) is 10.1. The molecule has 1 heterocycles. The van der Waals surface area contributed by atoms with Crippen LogP contribution in [-0.2, 0) is 19.1 Å². The van der Waals surface area contributed by atoms with Crippen LogP contribution >= 0.6 is 11.6 Å². The fourth-order valence-corrected chi connectivity index (χ4v) is 2.90. The largest absolute Gasteiger partial charge is 0.482 e. The van der Waals surface area contributed by atoms with Gasteiger partial charge in [-0.2, -0.15) is 0 Å². The summed E-state index contributed by atoms with van der Waals surface area (Å²) >= 11 is 5.79. The van der Waals surface area contributed by atoms with Gasteiger partial charge in [0.05, 0.1) is 13.2 Å². The minimum atomic E-state index is -0.949. The first kappa shape index (κ1) is 21.0. The van der Waals surface area contributed by atoms with Gasteiger partial charge in [0.2, 0.25) is 0 Å². The van der Waals surface area contributed by atoms with Crippen LogP contribution < -0.4 is 15.0 Å². The topological polar surface area (TPSA) is 77.1 Å². The number of rotatable bonds is 7. The third-order valence-electron chi connectivity index (χ3n) is 4.36. The van der Waals surface area contributed by atoms with Gasteiger partial charge in [-0.15, -0.1) is 0 Å². The van der Waals surface area contributed by atoms with Crippen LogP contribution in [0, 0.1) is 0 Å². The van der Waals surface area contributed by atoms with Gasteiger partial charge >= 0.3 is 5.97 Å². The van der Waals surface area contributed by atoms with Crippen molar-refractivity contribution >= 4 is 34.9 Å². The maximum Gasteiger partial charge on any atom is 0.344 e. The number of ether oxygens (including phenoxy) is 3. The SMILES string of the molecule is C[C@H](OC(=O)COc1ccc(Cl)cc1)C(=O)Nc1ccc(N2CCOCC2)cc1. The summed E-state index contributed by atoms with van der Waals surface area (Å²) in [5.74, 6) is -0.557. The molecule has 154 valence electrons. The normalized spacial score (nSPS) is 14.8. The molecule has 0 unspecified atom stereocenters. The minimum absolute atomic E-state index is 0.298.